The highest BCUT2D eigenvalue weighted by atomic mass is 16.5. The van der Waals surface area contributed by atoms with Crippen LogP contribution in [-0.4, -0.2) is 36.4 Å². The Morgan fingerprint density at radius 1 is 1.26 bits per heavy atom. The number of carbonyl (C=O) groups is 1. The van der Waals surface area contributed by atoms with Crippen molar-refractivity contribution in [3.63, 3.8) is 0 Å². The smallest absolute Gasteiger partial charge is 0.315 e. The van der Waals surface area contributed by atoms with Crippen molar-refractivity contribution in [1.82, 2.24) is 10.6 Å². The van der Waals surface area contributed by atoms with Gasteiger partial charge < -0.3 is 20.5 Å². The maximum atomic E-state index is 12.2. The molecule has 5 unspecified atom stereocenters. The van der Waals surface area contributed by atoms with Gasteiger partial charge in [-0.3, -0.25) is 0 Å². The molecule has 0 saturated heterocycles. The maximum absolute atomic E-state index is 12.2. The van der Waals surface area contributed by atoms with E-state index >= 15 is 0 Å². The molecule has 1 aliphatic heterocycles. The molecule has 0 radical (unpaired) electrons. The lowest BCUT2D eigenvalue weighted by Crippen LogP contribution is -2.50. The summed E-state index contributed by atoms with van der Waals surface area (Å²) in [6.07, 6.45) is 4.37. The summed E-state index contributed by atoms with van der Waals surface area (Å²) in [5.41, 5.74) is 1.20. The van der Waals surface area contributed by atoms with Crippen LogP contribution in [0.15, 0.2) is 24.3 Å². The minimum absolute atomic E-state index is 0.00631. The number of hydrogen-bond donors (Lipinski definition) is 3. The topological polar surface area (TPSA) is 70.6 Å². The summed E-state index contributed by atoms with van der Waals surface area (Å²) < 4.78 is 5.84. The molecule has 1 heterocycles. The number of benzene rings is 1. The Hall–Kier alpha value is -1.75. The van der Waals surface area contributed by atoms with E-state index < -0.39 is 0 Å². The predicted octanol–water partition coefficient (Wildman–Crippen LogP) is 1.70. The van der Waals surface area contributed by atoms with Crippen molar-refractivity contribution in [2.75, 3.05) is 13.2 Å². The molecule has 3 aliphatic rings. The standard InChI is InChI=1S/C18H24N2O3/c21-10-15-11-5-6-13(7-11)17(15)20-18(22)19-9-14-8-12-3-1-2-4-16(12)23-14/h1-4,11,13-15,17,21H,5-10H2,(H2,19,20,22). The zero-order valence-corrected chi connectivity index (χ0v) is 13.2. The monoisotopic (exact) mass is 316 g/mol. The van der Waals surface area contributed by atoms with Gasteiger partial charge in [0.1, 0.15) is 11.9 Å². The van der Waals surface area contributed by atoms with Crippen LogP contribution >= 0.6 is 0 Å². The van der Waals surface area contributed by atoms with Gasteiger partial charge in [0.25, 0.3) is 0 Å². The number of aliphatic hydroxyl groups is 1. The third kappa shape index (κ3) is 2.78. The molecule has 5 atom stereocenters. The van der Waals surface area contributed by atoms with Gasteiger partial charge in [-0.2, -0.15) is 0 Å². The SMILES string of the molecule is O=C(NCC1Cc2ccccc2O1)NC1C2CCC(C2)C1CO. The number of rotatable bonds is 4. The third-order valence-corrected chi connectivity index (χ3v) is 5.80. The number of para-hydroxylation sites is 1. The van der Waals surface area contributed by atoms with Crippen molar-refractivity contribution in [2.45, 2.75) is 37.8 Å². The molecular formula is C18H24N2O3. The average Bonchev–Trinajstić information content (AvgIpc) is 3.26. The molecule has 2 fully saturated rings. The van der Waals surface area contributed by atoms with E-state index in [0.717, 1.165) is 18.6 Å². The van der Waals surface area contributed by atoms with Crippen LogP contribution in [0.25, 0.3) is 0 Å². The van der Waals surface area contributed by atoms with Crippen molar-refractivity contribution in [2.24, 2.45) is 17.8 Å². The number of nitrogens with one attached hydrogen (secondary N) is 2. The lowest BCUT2D eigenvalue weighted by molar-refractivity contribution is 0.143. The van der Waals surface area contributed by atoms with Gasteiger partial charge in [0.15, 0.2) is 0 Å². The second-order valence-electron chi connectivity index (χ2n) is 7.11. The minimum atomic E-state index is -0.138. The molecule has 2 saturated carbocycles. The highest BCUT2D eigenvalue weighted by Gasteiger charge is 2.47. The molecule has 0 aromatic heterocycles. The van der Waals surface area contributed by atoms with E-state index in [4.69, 9.17) is 4.74 Å². The number of carbonyl (C=O) groups excluding carboxylic acids is 1. The van der Waals surface area contributed by atoms with E-state index in [1.165, 1.54) is 18.4 Å². The van der Waals surface area contributed by atoms with Crippen LogP contribution in [0.1, 0.15) is 24.8 Å². The van der Waals surface area contributed by atoms with Gasteiger partial charge in [-0.15, -0.1) is 0 Å². The van der Waals surface area contributed by atoms with Crippen LogP contribution in [0.3, 0.4) is 0 Å². The van der Waals surface area contributed by atoms with Crippen molar-refractivity contribution in [3.8, 4) is 5.75 Å². The second-order valence-corrected chi connectivity index (χ2v) is 7.11. The van der Waals surface area contributed by atoms with Crippen LogP contribution in [0.2, 0.25) is 0 Å². The van der Waals surface area contributed by atoms with Crippen LogP contribution in [0.4, 0.5) is 4.79 Å². The van der Waals surface area contributed by atoms with Crippen LogP contribution in [0, 0.1) is 17.8 Å². The molecule has 0 spiro atoms. The van der Waals surface area contributed by atoms with Gasteiger partial charge in [-0.1, -0.05) is 18.2 Å². The fraction of sp³-hybridized carbons (Fsp3) is 0.611. The molecular weight excluding hydrogens is 292 g/mol. The molecule has 124 valence electrons. The third-order valence-electron chi connectivity index (χ3n) is 5.80. The summed E-state index contributed by atoms with van der Waals surface area (Å²) in [7, 11) is 0. The molecule has 1 aromatic carbocycles. The van der Waals surface area contributed by atoms with E-state index in [1.54, 1.807) is 0 Å². The Bertz CT molecular complexity index is 566. The molecule has 5 nitrogen and oxygen atoms in total. The van der Waals surface area contributed by atoms with Gasteiger partial charge in [-0.25, -0.2) is 4.79 Å². The minimum Gasteiger partial charge on any atom is -0.488 e. The first-order valence-electron chi connectivity index (χ1n) is 8.64. The highest BCUT2D eigenvalue weighted by molar-refractivity contribution is 5.74. The van der Waals surface area contributed by atoms with Crippen LogP contribution < -0.4 is 15.4 Å². The Morgan fingerprint density at radius 2 is 2.09 bits per heavy atom. The van der Waals surface area contributed by atoms with Crippen molar-refractivity contribution < 1.29 is 14.6 Å². The summed E-state index contributed by atoms with van der Waals surface area (Å²) in [5, 5.41) is 15.6. The molecule has 2 bridgehead atoms. The molecule has 5 heteroatoms. The van der Waals surface area contributed by atoms with E-state index in [0.29, 0.717) is 18.4 Å². The summed E-state index contributed by atoms with van der Waals surface area (Å²) >= 11 is 0. The quantitative estimate of drug-likeness (QED) is 0.792. The zero-order valence-electron chi connectivity index (χ0n) is 13.2. The van der Waals surface area contributed by atoms with Crippen molar-refractivity contribution >= 4 is 6.03 Å². The number of aliphatic hydroxyl groups excluding tert-OH is 1. The molecule has 1 aromatic rings. The summed E-state index contributed by atoms with van der Waals surface area (Å²) in [4.78, 5) is 12.2. The Morgan fingerprint density at radius 3 is 2.91 bits per heavy atom. The lowest BCUT2D eigenvalue weighted by atomic mass is 9.85. The average molecular weight is 316 g/mol. The Kier molecular flexibility index (Phi) is 3.89. The lowest BCUT2D eigenvalue weighted by Gasteiger charge is -2.30. The van der Waals surface area contributed by atoms with Gasteiger partial charge in [0.2, 0.25) is 0 Å². The van der Waals surface area contributed by atoms with E-state index in [9.17, 15) is 9.90 Å². The van der Waals surface area contributed by atoms with Crippen molar-refractivity contribution in [3.05, 3.63) is 29.8 Å². The summed E-state index contributed by atoms with van der Waals surface area (Å²) in [6, 6.07) is 7.99. The molecule has 3 N–H and O–H groups in total. The molecule has 4 rings (SSSR count). The van der Waals surface area contributed by atoms with E-state index in [2.05, 4.69) is 16.7 Å². The van der Waals surface area contributed by atoms with Crippen molar-refractivity contribution in [1.29, 1.82) is 0 Å². The number of fused-ring (bicyclic) bond motifs is 3. The van der Waals surface area contributed by atoms with E-state index in [1.807, 2.05) is 18.2 Å². The largest absolute Gasteiger partial charge is 0.488 e. The summed E-state index contributed by atoms with van der Waals surface area (Å²) in [5.74, 6) is 2.28. The van der Waals surface area contributed by atoms with E-state index in [-0.39, 0.29) is 30.7 Å². The highest BCUT2D eigenvalue weighted by Crippen LogP contribution is 2.48. The number of amides is 2. The maximum Gasteiger partial charge on any atom is 0.315 e. The predicted molar refractivity (Wildman–Crippen MR) is 86.3 cm³/mol. The fourth-order valence-electron chi connectivity index (χ4n) is 4.67. The number of hydrogen-bond acceptors (Lipinski definition) is 3. The first kappa shape index (κ1) is 14.8. The Balaban J connectivity index is 1.27. The zero-order chi connectivity index (χ0) is 15.8. The normalized spacial score (nSPS) is 34.0. The van der Waals surface area contributed by atoms with Gasteiger partial charge in [0.05, 0.1) is 6.54 Å². The van der Waals surface area contributed by atoms with Gasteiger partial charge in [0, 0.05) is 25.0 Å². The molecule has 2 aliphatic carbocycles. The number of ether oxygens (including phenoxy) is 1. The molecule has 2 amide bonds. The first-order valence-corrected chi connectivity index (χ1v) is 8.64. The van der Waals surface area contributed by atoms with Crippen LogP contribution in [0.5, 0.6) is 5.75 Å². The first-order chi connectivity index (χ1) is 11.2. The summed E-state index contributed by atoms with van der Waals surface area (Å²) in [6.45, 7) is 0.679. The van der Waals surface area contributed by atoms with Gasteiger partial charge in [-0.05, 0) is 42.7 Å². The Labute approximate surface area is 136 Å². The fourth-order valence-corrected chi connectivity index (χ4v) is 4.67. The van der Waals surface area contributed by atoms with Crippen LogP contribution in [-0.2, 0) is 6.42 Å². The molecule has 23 heavy (non-hydrogen) atoms. The second kappa shape index (κ2) is 6.04. The van der Waals surface area contributed by atoms with Gasteiger partial charge >= 0.3 is 6.03 Å². The number of urea groups is 1.